The molecule has 3 rings (SSSR count). The molecule has 0 saturated carbocycles. The second-order valence-corrected chi connectivity index (χ2v) is 6.55. The van der Waals surface area contributed by atoms with E-state index in [9.17, 15) is 23.1 Å². The van der Waals surface area contributed by atoms with Gasteiger partial charge in [-0.1, -0.05) is 19.1 Å². The molecule has 1 aliphatic rings. The van der Waals surface area contributed by atoms with Crippen LogP contribution in [-0.2, 0) is 22.1 Å². The third kappa shape index (κ3) is 3.82. The average Bonchev–Trinajstić information content (AvgIpc) is 2.98. The molecule has 0 amide bonds. The van der Waals surface area contributed by atoms with Crippen LogP contribution in [0.3, 0.4) is 0 Å². The van der Waals surface area contributed by atoms with Gasteiger partial charge in [0.1, 0.15) is 5.76 Å². The fourth-order valence-electron chi connectivity index (χ4n) is 3.17. The number of pyridine rings is 1. The van der Waals surface area contributed by atoms with Gasteiger partial charge >= 0.3 is 12.1 Å². The number of carboxylic acid groups (broad SMARTS) is 1. The quantitative estimate of drug-likeness (QED) is 0.830. The monoisotopic (exact) mass is 377 g/mol. The molecule has 2 aromatic rings. The van der Waals surface area contributed by atoms with Crippen molar-refractivity contribution in [3.8, 4) is 0 Å². The van der Waals surface area contributed by atoms with E-state index in [1.54, 1.807) is 37.5 Å². The van der Waals surface area contributed by atoms with Crippen LogP contribution in [-0.4, -0.2) is 21.7 Å². The first-order chi connectivity index (χ1) is 12.7. The van der Waals surface area contributed by atoms with E-state index in [-0.39, 0.29) is 12.2 Å². The highest BCUT2D eigenvalue weighted by Crippen LogP contribution is 2.42. The molecule has 4 nitrogen and oxygen atoms in total. The Morgan fingerprint density at radius 1 is 1.19 bits per heavy atom. The molecule has 7 heteroatoms. The molecule has 142 valence electrons. The lowest BCUT2D eigenvalue weighted by Gasteiger charge is -2.29. The molecule has 0 aliphatic carbocycles. The molecule has 2 atom stereocenters. The summed E-state index contributed by atoms with van der Waals surface area (Å²) in [6.07, 6.45) is 1.21. The van der Waals surface area contributed by atoms with Gasteiger partial charge in [-0.15, -0.1) is 0 Å². The van der Waals surface area contributed by atoms with Crippen molar-refractivity contribution >= 4 is 11.7 Å². The van der Waals surface area contributed by atoms with E-state index >= 15 is 0 Å². The van der Waals surface area contributed by atoms with Crippen LogP contribution in [0, 0.1) is 5.92 Å². The van der Waals surface area contributed by atoms with Gasteiger partial charge in [0.15, 0.2) is 0 Å². The van der Waals surface area contributed by atoms with Crippen LogP contribution in [0.15, 0.2) is 54.9 Å². The van der Waals surface area contributed by atoms with E-state index in [0.717, 1.165) is 17.7 Å². The van der Waals surface area contributed by atoms with Gasteiger partial charge in [0.25, 0.3) is 0 Å². The summed E-state index contributed by atoms with van der Waals surface area (Å²) >= 11 is 0. The number of aryl methyl sites for hydroxylation is 1. The average molecular weight is 377 g/mol. The van der Waals surface area contributed by atoms with Gasteiger partial charge in [0.2, 0.25) is 5.60 Å². The van der Waals surface area contributed by atoms with E-state index in [1.165, 1.54) is 12.1 Å². The molecular formula is C20H18F3NO3. The fourth-order valence-corrected chi connectivity index (χ4v) is 3.17. The summed E-state index contributed by atoms with van der Waals surface area (Å²) in [6.45, 7) is 1.73. The van der Waals surface area contributed by atoms with E-state index in [0.29, 0.717) is 12.0 Å². The normalized spacial score (nSPS) is 22.2. The minimum Gasteiger partial charge on any atom is -0.478 e. The number of aromatic nitrogens is 1. The van der Waals surface area contributed by atoms with Gasteiger partial charge in [0, 0.05) is 30.3 Å². The number of benzene rings is 1. The van der Waals surface area contributed by atoms with Crippen molar-refractivity contribution in [3.63, 3.8) is 0 Å². The van der Waals surface area contributed by atoms with Gasteiger partial charge in [-0.2, -0.15) is 13.2 Å². The van der Waals surface area contributed by atoms with Crippen LogP contribution < -0.4 is 0 Å². The molecule has 0 bridgehead atoms. The number of rotatable bonds is 5. The Balaban J connectivity index is 1.80. The highest BCUT2D eigenvalue weighted by Gasteiger charge is 2.49. The Morgan fingerprint density at radius 3 is 2.37 bits per heavy atom. The number of ether oxygens (including phenoxy) is 1. The third-order valence-electron chi connectivity index (χ3n) is 4.82. The summed E-state index contributed by atoms with van der Waals surface area (Å²) in [5.74, 6) is -1.25. The predicted molar refractivity (Wildman–Crippen MR) is 92.6 cm³/mol. The highest BCUT2D eigenvalue weighted by atomic mass is 19.4. The lowest BCUT2D eigenvalue weighted by atomic mass is 9.84. The minimum atomic E-state index is -4.42. The van der Waals surface area contributed by atoms with Crippen molar-refractivity contribution in [3.05, 3.63) is 71.6 Å². The van der Waals surface area contributed by atoms with Crippen molar-refractivity contribution in [2.45, 2.75) is 31.5 Å². The van der Waals surface area contributed by atoms with Crippen molar-refractivity contribution in [2.75, 3.05) is 0 Å². The first-order valence-corrected chi connectivity index (χ1v) is 8.43. The zero-order valence-corrected chi connectivity index (χ0v) is 14.5. The fraction of sp³-hybridized carbons (Fsp3) is 0.300. The Bertz CT molecular complexity index is 847. The Labute approximate surface area is 154 Å². The number of halogens is 3. The maximum absolute atomic E-state index is 12.7. The van der Waals surface area contributed by atoms with Crippen LogP contribution in [0.2, 0.25) is 0 Å². The molecule has 0 spiro atoms. The lowest BCUT2D eigenvalue weighted by molar-refractivity contribution is -0.160. The van der Waals surface area contributed by atoms with Gasteiger partial charge in [-0.25, -0.2) is 4.79 Å². The Kier molecular flexibility index (Phi) is 4.95. The van der Waals surface area contributed by atoms with Crippen LogP contribution in [0.1, 0.15) is 30.0 Å². The Morgan fingerprint density at radius 2 is 1.81 bits per heavy atom. The van der Waals surface area contributed by atoms with Crippen LogP contribution >= 0.6 is 0 Å². The second kappa shape index (κ2) is 7.06. The topological polar surface area (TPSA) is 59.4 Å². The molecule has 1 aromatic carbocycles. The predicted octanol–water partition coefficient (Wildman–Crippen LogP) is 4.56. The molecule has 2 unspecified atom stereocenters. The van der Waals surface area contributed by atoms with Crippen LogP contribution in [0.4, 0.5) is 13.2 Å². The second-order valence-electron chi connectivity index (χ2n) is 6.55. The largest absolute Gasteiger partial charge is 0.478 e. The molecule has 1 N–H and O–H groups in total. The maximum Gasteiger partial charge on any atom is 0.416 e. The van der Waals surface area contributed by atoms with Gasteiger partial charge in [-0.05, 0) is 42.3 Å². The molecule has 1 aromatic heterocycles. The highest BCUT2D eigenvalue weighted by molar-refractivity contribution is 5.82. The van der Waals surface area contributed by atoms with E-state index in [1.807, 2.05) is 0 Å². The van der Waals surface area contributed by atoms with Crippen molar-refractivity contribution in [1.29, 1.82) is 0 Å². The first kappa shape index (κ1) is 18.9. The number of hydrogen-bond donors (Lipinski definition) is 1. The minimum absolute atomic E-state index is 0.230. The maximum atomic E-state index is 12.7. The standard InChI is InChI=1S/C20H18F3NO3/c1-13-12-17(15-2-4-16(5-3-15)20(21,22)23)27-19(13,18(25)26)9-6-14-7-10-24-11-8-14/h2-5,7-8,10-13H,6,9H2,1H3,(H,25,26). The summed E-state index contributed by atoms with van der Waals surface area (Å²) in [7, 11) is 0. The summed E-state index contributed by atoms with van der Waals surface area (Å²) in [5, 5.41) is 9.81. The SMILES string of the molecule is CC1C=C(c2ccc(C(F)(F)F)cc2)OC1(CCc1ccncc1)C(=O)O. The third-order valence-corrected chi connectivity index (χ3v) is 4.82. The van der Waals surface area contributed by atoms with E-state index in [2.05, 4.69) is 4.98 Å². The molecular weight excluding hydrogens is 359 g/mol. The molecule has 2 heterocycles. The summed E-state index contributed by atoms with van der Waals surface area (Å²) in [6, 6.07) is 8.12. The summed E-state index contributed by atoms with van der Waals surface area (Å²) in [4.78, 5) is 15.9. The van der Waals surface area contributed by atoms with Crippen molar-refractivity contribution < 1.29 is 27.8 Å². The van der Waals surface area contributed by atoms with Crippen molar-refractivity contribution in [1.82, 2.24) is 4.98 Å². The molecule has 0 fully saturated rings. The molecule has 0 saturated heterocycles. The molecule has 1 aliphatic heterocycles. The number of aliphatic carboxylic acids is 1. The van der Waals surface area contributed by atoms with Crippen molar-refractivity contribution in [2.24, 2.45) is 5.92 Å². The molecule has 27 heavy (non-hydrogen) atoms. The first-order valence-electron chi connectivity index (χ1n) is 8.43. The number of hydrogen-bond acceptors (Lipinski definition) is 3. The number of alkyl halides is 3. The number of nitrogens with zero attached hydrogens (tertiary/aromatic N) is 1. The Hall–Kier alpha value is -2.83. The van der Waals surface area contributed by atoms with Gasteiger partial charge in [-0.3, -0.25) is 4.98 Å². The lowest BCUT2D eigenvalue weighted by Crippen LogP contribution is -2.44. The zero-order valence-electron chi connectivity index (χ0n) is 14.5. The molecule has 0 radical (unpaired) electrons. The van der Waals surface area contributed by atoms with E-state index in [4.69, 9.17) is 4.74 Å². The van der Waals surface area contributed by atoms with E-state index < -0.39 is 29.2 Å². The van der Waals surface area contributed by atoms with Gasteiger partial charge < -0.3 is 9.84 Å². The smallest absolute Gasteiger partial charge is 0.416 e. The summed E-state index contributed by atoms with van der Waals surface area (Å²) in [5.41, 5.74) is -0.868. The number of carboxylic acids is 1. The zero-order chi connectivity index (χ0) is 19.7. The van der Waals surface area contributed by atoms with Gasteiger partial charge in [0.05, 0.1) is 5.56 Å². The van der Waals surface area contributed by atoms with Crippen LogP contribution in [0.5, 0.6) is 0 Å². The number of carbonyl (C=O) groups is 1. The van der Waals surface area contributed by atoms with Crippen LogP contribution in [0.25, 0.3) is 5.76 Å². The summed E-state index contributed by atoms with van der Waals surface area (Å²) < 4.78 is 44.0.